The normalized spacial score (nSPS) is 22.5. The van der Waals surface area contributed by atoms with Gasteiger partial charge in [-0.3, -0.25) is 4.90 Å². The number of benzene rings is 1. The van der Waals surface area contributed by atoms with Crippen LogP contribution >= 0.6 is 11.6 Å². The minimum Gasteiger partial charge on any atom is -0.387 e. The molecule has 1 aromatic rings. The summed E-state index contributed by atoms with van der Waals surface area (Å²) in [6, 6.07) is 6.25. The van der Waals surface area contributed by atoms with Crippen LogP contribution in [-0.2, 0) is 9.84 Å². The third-order valence-electron chi connectivity index (χ3n) is 4.18. The van der Waals surface area contributed by atoms with E-state index in [1.54, 1.807) is 12.1 Å². The van der Waals surface area contributed by atoms with Gasteiger partial charge in [0, 0.05) is 24.7 Å². The van der Waals surface area contributed by atoms with Crippen molar-refractivity contribution >= 4 is 21.4 Å². The molecule has 1 saturated heterocycles. The Bertz CT molecular complexity index is 589. The second-order valence-corrected chi connectivity index (χ2v) is 8.41. The number of rotatable bonds is 5. The molecule has 4 nitrogen and oxygen atoms in total. The molecule has 1 saturated carbocycles. The number of likely N-dealkylation sites (tertiary alicyclic amines) is 1. The third kappa shape index (κ3) is 2.86. The Balaban J connectivity index is 1.54. The molecule has 0 radical (unpaired) electrons. The second-order valence-electron chi connectivity index (χ2n) is 5.86. The average molecular weight is 316 g/mol. The van der Waals surface area contributed by atoms with Crippen molar-refractivity contribution in [2.45, 2.75) is 23.3 Å². The predicted molar refractivity (Wildman–Crippen MR) is 77.6 cm³/mol. The number of β-amino-alcohol motifs (C(OH)–C–C–N with tert-alkyl or cyclic N) is 1. The third-order valence-corrected chi connectivity index (χ3v) is 6.14. The summed E-state index contributed by atoms with van der Waals surface area (Å²) >= 11 is 5.76. The van der Waals surface area contributed by atoms with Crippen molar-refractivity contribution in [2.24, 2.45) is 5.92 Å². The lowest BCUT2D eigenvalue weighted by Gasteiger charge is -2.47. The van der Waals surface area contributed by atoms with Crippen LogP contribution in [0.4, 0.5) is 0 Å². The summed E-state index contributed by atoms with van der Waals surface area (Å²) in [7, 11) is -3.27. The summed E-state index contributed by atoms with van der Waals surface area (Å²) in [5, 5.41) is 10.7. The number of hydrogen-bond acceptors (Lipinski definition) is 4. The van der Waals surface area contributed by atoms with E-state index in [0.29, 0.717) is 35.5 Å². The number of halogens is 1. The molecular weight excluding hydrogens is 298 g/mol. The van der Waals surface area contributed by atoms with Gasteiger partial charge in [0.1, 0.15) is 0 Å². The quantitative estimate of drug-likeness (QED) is 0.896. The SMILES string of the molecule is O=S(=O)(CCN1CC(O)(C2CC2)C1)c1ccc(Cl)cc1. The van der Waals surface area contributed by atoms with Gasteiger partial charge in [0.05, 0.1) is 16.2 Å². The predicted octanol–water partition coefficient (Wildman–Crippen LogP) is 1.57. The van der Waals surface area contributed by atoms with Gasteiger partial charge in [-0.15, -0.1) is 0 Å². The second kappa shape index (κ2) is 4.98. The van der Waals surface area contributed by atoms with Crippen LogP contribution in [0.5, 0.6) is 0 Å². The smallest absolute Gasteiger partial charge is 0.179 e. The molecule has 110 valence electrons. The standard InChI is InChI=1S/C14H18ClNO3S/c15-12-3-5-13(6-4-12)20(18,19)8-7-16-9-14(17,10-16)11-1-2-11/h3-6,11,17H,1-2,7-10H2. The molecule has 1 N–H and O–H groups in total. The van der Waals surface area contributed by atoms with Crippen LogP contribution in [0.15, 0.2) is 29.2 Å². The van der Waals surface area contributed by atoms with Crippen LogP contribution in [0.2, 0.25) is 5.02 Å². The molecule has 1 aliphatic heterocycles. The highest BCUT2D eigenvalue weighted by molar-refractivity contribution is 7.91. The zero-order valence-corrected chi connectivity index (χ0v) is 12.7. The largest absolute Gasteiger partial charge is 0.387 e. The molecule has 6 heteroatoms. The van der Waals surface area contributed by atoms with Crippen LogP contribution < -0.4 is 0 Å². The van der Waals surface area contributed by atoms with E-state index in [1.807, 2.05) is 4.90 Å². The molecule has 2 aliphatic rings. The van der Waals surface area contributed by atoms with E-state index in [4.69, 9.17) is 11.6 Å². The molecule has 3 rings (SSSR count). The Morgan fingerprint density at radius 3 is 2.40 bits per heavy atom. The fourth-order valence-electron chi connectivity index (χ4n) is 2.77. The number of aliphatic hydroxyl groups is 1. The van der Waals surface area contributed by atoms with Crippen molar-refractivity contribution in [3.05, 3.63) is 29.3 Å². The van der Waals surface area contributed by atoms with E-state index in [9.17, 15) is 13.5 Å². The maximum absolute atomic E-state index is 12.2. The highest BCUT2D eigenvalue weighted by Crippen LogP contribution is 2.44. The molecule has 1 aromatic carbocycles. The van der Waals surface area contributed by atoms with Crippen LogP contribution in [-0.4, -0.2) is 49.4 Å². The molecule has 1 heterocycles. The Kier molecular flexibility index (Phi) is 3.57. The van der Waals surface area contributed by atoms with Crippen LogP contribution in [0.25, 0.3) is 0 Å². The van der Waals surface area contributed by atoms with E-state index < -0.39 is 15.4 Å². The van der Waals surface area contributed by atoms with Crippen molar-refractivity contribution in [3.63, 3.8) is 0 Å². The fraction of sp³-hybridized carbons (Fsp3) is 0.571. The average Bonchev–Trinajstić information content (AvgIpc) is 3.18. The highest BCUT2D eigenvalue weighted by atomic mass is 35.5. The van der Waals surface area contributed by atoms with Gasteiger partial charge >= 0.3 is 0 Å². The molecule has 0 unspecified atom stereocenters. The summed E-state index contributed by atoms with van der Waals surface area (Å²) in [4.78, 5) is 2.31. The van der Waals surface area contributed by atoms with E-state index in [1.165, 1.54) is 12.1 Å². The zero-order valence-electron chi connectivity index (χ0n) is 11.1. The summed E-state index contributed by atoms with van der Waals surface area (Å²) in [5.74, 6) is 0.515. The van der Waals surface area contributed by atoms with Gasteiger partial charge in [-0.05, 0) is 43.0 Å². The van der Waals surface area contributed by atoms with Gasteiger partial charge in [0.25, 0.3) is 0 Å². The van der Waals surface area contributed by atoms with Gasteiger partial charge in [-0.1, -0.05) is 11.6 Å². The van der Waals surface area contributed by atoms with Gasteiger partial charge in [-0.25, -0.2) is 8.42 Å². The van der Waals surface area contributed by atoms with Crippen LogP contribution in [0.1, 0.15) is 12.8 Å². The molecule has 20 heavy (non-hydrogen) atoms. The molecule has 0 aromatic heterocycles. The summed E-state index contributed by atoms with van der Waals surface area (Å²) in [6.45, 7) is 1.68. The van der Waals surface area contributed by atoms with Gasteiger partial charge < -0.3 is 5.11 Å². The van der Waals surface area contributed by atoms with E-state index in [2.05, 4.69) is 0 Å². The van der Waals surface area contributed by atoms with E-state index in [-0.39, 0.29) is 5.75 Å². The number of hydrogen-bond donors (Lipinski definition) is 1. The van der Waals surface area contributed by atoms with Crippen molar-refractivity contribution in [1.82, 2.24) is 4.90 Å². The minimum absolute atomic E-state index is 0.0787. The first-order valence-electron chi connectivity index (χ1n) is 6.82. The minimum atomic E-state index is -3.27. The maximum Gasteiger partial charge on any atom is 0.179 e. The van der Waals surface area contributed by atoms with E-state index in [0.717, 1.165) is 12.8 Å². The first kappa shape index (κ1) is 14.3. The van der Waals surface area contributed by atoms with Gasteiger partial charge in [-0.2, -0.15) is 0 Å². The molecule has 2 fully saturated rings. The van der Waals surface area contributed by atoms with Crippen molar-refractivity contribution in [1.29, 1.82) is 0 Å². The fourth-order valence-corrected chi connectivity index (χ4v) is 4.19. The highest BCUT2D eigenvalue weighted by Gasteiger charge is 2.51. The van der Waals surface area contributed by atoms with Crippen molar-refractivity contribution < 1.29 is 13.5 Å². The van der Waals surface area contributed by atoms with Crippen molar-refractivity contribution in [2.75, 3.05) is 25.4 Å². The Hall–Kier alpha value is -0.620. The van der Waals surface area contributed by atoms with Crippen LogP contribution in [0, 0.1) is 5.92 Å². The molecular formula is C14H18ClNO3S. The van der Waals surface area contributed by atoms with E-state index >= 15 is 0 Å². The number of nitrogens with zero attached hydrogens (tertiary/aromatic N) is 1. The van der Waals surface area contributed by atoms with Gasteiger partial charge in [0.15, 0.2) is 9.84 Å². The Morgan fingerprint density at radius 1 is 1.25 bits per heavy atom. The lowest BCUT2D eigenvalue weighted by atomic mass is 9.89. The lowest BCUT2D eigenvalue weighted by Crippen LogP contribution is -2.63. The Labute approximate surface area is 124 Å². The molecule has 0 bridgehead atoms. The lowest BCUT2D eigenvalue weighted by molar-refractivity contribution is -0.110. The molecule has 1 aliphatic carbocycles. The maximum atomic E-state index is 12.2. The molecule has 0 spiro atoms. The molecule has 0 atom stereocenters. The van der Waals surface area contributed by atoms with Crippen molar-refractivity contribution in [3.8, 4) is 0 Å². The Morgan fingerprint density at radius 2 is 1.85 bits per heavy atom. The number of sulfone groups is 1. The zero-order chi connectivity index (χ0) is 14.4. The topological polar surface area (TPSA) is 57.6 Å². The summed E-state index contributed by atoms with van der Waals surface area (Å²) in [6.07, 6.45) is 2.21. The summed E-state index contributed by atoms with van der Waals surface area (Å²) in [5.41, 5.74) is -0.552. The first-order chi connectivity index (χ1) is 9.39. The molecule has 0 amide bonds. The summed E-state index contributed by atoms with van der Waals surface area (Å²) < 4.78 is 24.3. The van der Waals surface area contributed by atoms with Crippen LogP contribution in [0.3, 0.4) is 0 Å². The first-order valence-corrected chi connectivity index (χ1v) is 8.85. The monoisotopic (exact) mass is 315 g/mol. The van der Waals surface area contributed by atoms with Gasteiger partial charge in [0.2, 0.25) is 0 Å².